The summed E-state index contributed by atoms with van der Waals surface area (Å²) in [7, 11) is 0. The van der Waals surface area contributed by atoms with Gasteiger partial charge in [-0.05, 0) is 83.2 Å². The quantitative estimate of drug-likeness (QED) is 0.756. The molecule has 0 unspecified atom stereocenters. The molecular weight excluding hydrogens is 397 g/mol. The van der Waals surface area contributed by atoms with E-state index in [0.717, 1.165) is 13.1 Å². The van der Waals surface area contributed by atoms with Crippen molar-refractivity contribution in [2.24, 2.45) is 11.1 Å². The van der Waals surface area contributed by atoms with E-state index in [0.29, 0.717) is 27.6 Å². The van der Waals surface area contributed by atoms with Crippen molar-refractivity contribution in [1.82, 2.24) is 10.2 Å². The van der Waals surface area contributed by atoms with Gasteiger partial charge in [-0.15, -0.1) is 0 Å². The topological polar surface area (TPSA) is 75.4 Å². The summed E-state index contributed by atoms with van der Waals surface area (Å²) >= 11 is 11.2. The standard InChI is InChI=1S/C14H26N2O.C7H5Cl2NO/c1-13(2,3)15-12(17)11-16-9-7-14(8-10-16)5-4-6-14;8-5-1-4(7(10)11)2-6(9)3-5/h4-11H2,1-3H3,(H,15,17);1-3H,(H2,10,11). The van der Waals surface area contributed by atoms with Crippen LogP contribution in [0.5, 0.6) is 0 Å². The summed E-state index contributed by atoms with van der Waals surface area (Å²) in [6, 6.07) is 4.47. The van der Waals surface area contributed by atoms with Crippen molar-refractivity contribution in [2.45, 2.75) is 58.4 Å². The van der Waals surface area contributed by atoms with E-state index < -0.39 is 5.91 Å². The van der Waals surface area contributed by atoms with Gasteiger partial charge in [-0.1, -0.05) is 29.6 Å². The van der Waals surface area contributed by atoms with Crippen molar-refractivity contribution >= 4 is 35.0 Å². The molecule has 5 nitrogen and oxygen atoms in total. The van der Waals surface area contributed by atoms with Crippen LogP contribution in [0.15, 0.2) is 18.2 Å². The SMILES string of the molecule is CC(C)(C)NC(=O)CN1CCC2(CCC2)CC1.NC(=O)c1cc(Cl)cc(Cl)c1. The van der Waals surface area contributed by atoms with Crippen molar-refractivity contribution in [3.8, 4) is 0 Å². The molecule has 28 heavy (non-hydrogen) atoms. The third kappa shape index (κ3) is 7.26. The molecule has 1 aliphatic carbocycles. The second-order valence-corrected chi connectivity index (χ2v) is 9.82. The van der Waals surface area contributed by atoms with Crippen LogP contribution in [0.4, 0.5) is 0 Å². The second kappa shape index (κ2) is 9.47. The van der Waals surface area contributed by atoms with E-state index in [1.54, 1.807) is 0 Å². The van der Waals surface area contributed by atoms with Crippen LogP contribution in [-0.2, 0) is 4.79 Å². The molecule has 0 bridgehead atoms. The van der Waals surface area contributed by atoms with E-state index in [-0.39, 0.29) is 11.4 Å². The number of rotatable bonds is 3. The van der Waals surface area contributed by atoms with E-state index in [4.69, 9.17) is 28.9 Å². The van der Waals surface area contributed by atoms with Crippen LogP contribution >= 0.6 is 23.2 Å². The number of likely N-dealkylation sites (tertiary alicyclic amines) is 1. The summed E-state index contributed by atoms with van der Waals surface area (Å²) in [5.41, 5.74) is 5.89. The molecule has 1 spiro atoms. The number of carbonyl (C=O) groups is 2. The summed E-state index contributed by atoms with van der Waals surface area (Å²) in [6.07, 6.45) is 6.88. The first kappa shape index (κ1) is 23.0. The fourth-order valence-corrected chi connectivity index (χ4v) is 4.25. The maximum atomic E-state index is 11.8. The summed E-state index contributed by atoms with van der Waals surface area (Å²) in [5, 5.41) is 3.85. The number of nitrogens with one attached hydrogen (secondary N) is 1. The second-order valence-electron chi connectivity index (χ2n) is 8.95. The minimum Gasteiger partial charge on any atom is -0.366 e. The van der Waals surface area contributed by atoms with Crippen molar-refractivity contribution in [3.05, 3.63) is 33.8 Å². The largest absolute Gasteiger partial charge is 0.366 e. The minimum atomic E-state index is -0.533. The van der Waals surface area contributed by atoms with Gasteiger partial charge in [-0.2, -0.15) is 0 Å². The van der Waals surface area contributed by atoms with E-state index in [9.17, 15) is 9.59 Å². The molecule has 1 aliphatic heterocycles. The van der Waals surface area contributed by atoms with E-state index in [1.165, 1.54) is 50.3 Å². The average Bonchev–Trinajstić information content (AvgIpc) is 2.52. The predicted molar refractivity (Wildman–Crippen MR) is 115 cm³/mol. The molecule has 3 N–H and O–H groups in total. The molecule has 156 valence electrons. The molecule has 2 aliphatic rings. The van der Waals surface area contributed by atoms with E-state index >= 15 is 0 Å². The number of primary amides is 1. The summed E-state index contributed by atoms with van der Waals surface area (Å²) in [5.74, 6) is -0.364. The molecule has 1 aromatic carbocycles. The number of piperidine rings is 1. The molecule has 1 heterocycles. The number of benzene rings is 1. The first-order valence-electron chi connectivity index (χ1n) is 9.77. The third-order valence-electron chi connectivity index (χ3n) is 5.36. The Hall–Kier alpha value is -1.30. The van der Waals surface area contributed by atoms with Gasteiger partial charge in [0, 0.05) is 21.1 Å². The Balaban J connectivity index is 0.000000221. The summed E-state index contributed by atoms with van der Waals surface area (Å²) in [6.45, 7) is 8.89. The van der Waals surface area contributed by atoms with Gasteiger partial charge in [0.05, 0.1) is 6.54 Å². The number of carbonyl (C=O) groups excluding carboxylic acids is 2. The van der Waals surface area contributed by atoms with Gasteiger partial charge in [-0.3, -0.25) is 14.5 Å². The van der Waals surface area contributed by atoms with Crippen molar-refractivity contribution in [2.75, 3.05) is 19.6 Å². The molecule has 0 aromatic heterocycles. The van der Waals surface area contributed by atoms with Gasteiger partial charge in [0.1, 0.15) is 0 Å². The van der Waals surface area contributed by atoms with Gasteiger partial charge in [0.15, 0.2) is 0 Å². The smallest absolute Gasteiger partial charge is 0.248 e. The Labute approximate surface area is 177 Å². The van der Waals surface area contributed by atoms with Crippen LogP contribution in [0, 0.1) is 5.41 Å². The van der Waals surface area contributed by atoms with Crippen LogP contribution in [0.25, 0.3) is 0 Å². The van der Waals surface area contributed by atoms with Crippen LogP contribution < -0.4 is 11.1 Å². The first-order chi connectivity index (χ1) is 13.0. The number of halogens is 2. The highest BCUT2D eigenvalue weighted by Gasteiger charge is 2.39. The van der Waals surface area contributed by atoms with Crippen molar-refractivity contribution in [3.63, 3.8) is 0 Å². The average molecular weight is 428 g/mol. The fourth-order valence-electron chi connectivity index (χ4n) is 3.72. The maximum absolute atomic E-state index is 11.8. The lowest BCUT2D eigenvalue weighted by Crippen LogP contribution is -2.49. The Bertz CT molecular complexity index is 682. The molecule has 0 atom stereocenters. The molecule has 1 saturated heterocycles. The zero-order valence-electron chi connectivity index (χ0n) is 17.0. The Morgan fingerprint density at radius 2 is 1.61 bits per heavy atom. The minimum absolute atomic E-state index is 0.109. The predicted octanol–water partition coefficient (Wildman–Crippen LogP) is 4.26. The lowest BCUT2D eigenvalue weighted by molar-refractivity contribution is -0.124. The molecule has 0 radical (unpaired) electrons. The molecule has 2 amide bonds. The van der Waals surface area contributed by atoms with Crippen molar-refractivity contribution in [1.29, 1.82) is 0 Å². The van der Waals surface area contributed by atoms with Gasteiger partial charge in [0.2, 0.25) is 11.8 Å². The van der Waals surface area contributed by atoms with E-state index in [1.807, 2.05) is 20.8 Å². The molecule has 1 saturated carbocycles. The van der Waals surface area contributed by atoms with Gasteiger partial charge >= 0.3 is 0 Å². The molecule has 3 rings (SSSR count). The Morgan fingerprint density at radius 3 is 2.00 bits per heavy atom. The van der Waals surface area contributed by atoms with Crippen LogP contribution in [-0.4, -0.2) is 41.9 Å². The number of hydrogen-bond donors (Lipinski definition) is 2. The maximum Gasteiger partial charge on any atom is 0.248 e. The number of nitrogens with two attached hydrogens (primary N) is 1. The molecule has 2 fully saturated rings. The lowest BCUT2D eigenvalue weighted by Gasteiger charge is -2.48. The zero-order valence-corrected chi connectivity index (χ0v) is 18.5. The normalized spacial score (nSPS) is 18.6. The number of hydrogen-bond acceptors (Lipinski definition) is 3. The van der Waals surface area contributed by atoms with Crippen LogP contribution in [0.1, 0.15) is 63.2 Å². The number of nitrogens with zero attached hydrogens (tertiary/aromatic N) is 1. The van der Waals surface area contributed by atoms with Gasteiger partial charge in [-0.25, -0.2) is 0 Å². The highest BCUT2D eigenvalue weighted by Crippen LogP contribution is 2.48. The van der Waals surface area contributed by atoms with Gasteiger partial charge < -0.3 is 11.1 Å². The first-order valence-corrected chi connectivity index (χ1v) is 10.5. The monoisotopic (exact) mass is 427 g/mol. The molecule has 7 heteroatoms. The van der Waals surface area contributed by atoms with E-state index in [2.05, 4.69) is 10.2 Å². The van der Waals surface area contributed by atoms with Crippen LogP contribution in [0.2, 0.25) is 10.0 Å². The zero-order chi connectivity index (χ0) is 20.9. The summed E-state index contributed by atoms with van der Waals surface area (Å²) < 4.78 is 0. The summed E-state index contributed by atoms with van der Waals surface area (Å²) in [4.78, 5) is 24.7. The Morgan fingerprint density at radius 1 is 1.07 bits per heavy atom. The molecule has 1 aromatic rings. The lowest BCUT2D eigenvalue weighted by atomic mass is 9.63. The third-order valence-corrected chi connectivity index (χ3v) is 5.80. The highest BCUT2D eigenvalue weighted by molar-refractivity contribution is 6.35. The molecular formula is C21H31Cl2N3O2. The van der Waals surface area contributed by atoms with Crippen molar-refractivity contribution < 1.29 is 9.59 Å². The van der Waals surface area contributed by atoms with Gasteiger partial charge in [0.25, 0.3) is 0 Å². The Kier molecular flexibility index (Phi) is 7.77. The number of amides is 2. The van der Waals surface area contributed by atoms with Crippen LogP contribution in [0.3, 0.4) is 0 Å². The highest BCUT2D eigenvalue weighted by atomic mass is 35.5. The fraction of sp³-hybridized carbons (Fsp3) is 0.619.